The van der Waals surface area contributed by atoms with Crippen LogP contribution in [0.2, 0.25) is 0 Å². The minimum Gasteiger partial charge on any atom is -0.328 e. The van der Waals surface area contributed by atoms with Crippen LogP contribution < -0.4 is 5.73 Å². The largest absolute Gasteiger partial charge is 0.328 e. The van der Waals surface area contributed by atoms with Crippen LogP contribution in [0.1, 0.15) is 30.9 Å². The van der Waals surface area contributed by atoms with E-state index in [2.05, 4.69) is 0 Å². The van der Waals surface area contributed by atoms with Gasteiger partial charge < -0.3 is 5.73 Å². The molecule has 106 valence electrons. The van der Waals surface area contributed by atoms with Crippen LogP contribution in [0, 0.1) is 13.8 Å². The van der Waals surface area contributed by atoms with E-state index in [0.29, 0.717) is 11.4 Å². The highest BCUT2D eigenvalue weighted by molar-refractivity contribution is 7.89. The summed E-state index contributed by atoms with van der Waals surface area (Å²) >= 11 is 0. The maximum atomic E-state index is 12.7. The highest BCUT2D eigenvalue weighted by Crippen LogP contribution is 2.27. The Morgan fingerprint density at radius 3 is 2.58 bits per heavy atom. The molecule has 2 rings (SSSR count). The quantitative estimate of drug-likeness (QED) is 0.899. The van der Waals surface area contributed by atoms with Crippen LogP contribution in [0.15, 0.2) is 23.1 Å². The molecule has 0 spiro atoms. The number of hydrogen-bond donors (Lipinski definition) is 1. The van der Waals surface area contributed by atoms with Crippen LogP contribution in [0.25, 0.3) is 0 Å². The molecular formula is C14H22N2O2S. The topological polar surface area (TPSA) is 63.4 Å². The summed E-state index contributed by atoms with van der Waals surface area (Å²) < 4.78 is 27.0. The molecule has 0 saturated carbocycles. The summed E-state index contributed by atoms with van der Waals surface area (Å²) in [5, 5.41) is 0. The van der Waals surface area contributed by atoms with Crippen LogP contribution >= 0.6 is 0 Å². The SMILES string of the molecule is Cc1ccc(S(=O)(=O)N2CCC(N)CC2C)c(C)c1. The lowest BCUT2D eigenvalue weighted by Crippen LogP contribution is -2.48. The van der Waals surface area contributed by atoms with Crippen molar-refractivity contribution in [3.8, 4) is 0 Å². The second kappa shape index (κ2) is 5.23. The molecule has 2 N–H and O–H groups in total. The van der Waals surface area contributed by atoms with Gasteiger partial charge in [0.2, 0.25) is 10.0 Å². The van der Waals surface area contributed by atoms with Crippen molar-refractivity contribution in [1.82, 2.24) is 4.31 Å². The molecule has 0 radical (unpaired) electrons. The molecule has 0 aliphatic carbocycles. The Kier molecular flexibility index (Phi) is 3.99. The maximum Gasteiger partial charge on any atom is 0.243 e. The van der Waals surface area contributed by atoms with Gasteiger partial charge in [0.25, 0.3) is 0 Å². The fourth-order valence-electron chi connectivity index (χ4n) is 2.76. The Bertz CT molecular complexity index is 569. The van der Waals surface area contributed by atoms with Crippen molar-refractivity contribution in [2.45, 2.75) is 50.6 Å². The molecule has 4 nitrogen and oxygen atoms in total. The molecule has 19 heavy (non-hydrogen) atoms. The van der Waals surface area contributed by atoms with Crippen molar-refractivity contribution in [2.75, 3.05) is 6.54 Å². The molecule has 1 aromatic rings. The van der Waals surface area contributed by atoms with Crippen molar-refractivity contribution < 1.29 is 8.42 Å². The third-order valence-electron chi connectivity index (χ3n) is 3.77. The molecule has 0 bridgehead atoms. The van der Waals surface area contributed by atoms with Crippen LogP contribution in [0.3, 0.4) is 0 Å². The molecular weight excluding hydrogens is 260 g/mol. The van der Waals surface area contributed by atoms with Gasteiger partial charge in [-0.05, 0) is 45.2 Å². The van der Waals surface area contributed by atoms with Gasteiger partial charge in [-0.15, -0.1) is 0 Å². The number of aryl methyl sites for hydroxylation is 2. The number of rotatable bonds is 2. The summed E-state index contributed by atoms with van der Waals surface area (Å²) in [6, 6.07) is 5.55. The monoisotopic (exact) mass is 282 g/mol. The fraction of sp³-hybridized carbons (Fsp3) is 0.571. The first-order chi connectivity index (χ1) is 8.82. The predicted molar refractivity (Wildman–Crippen MR) is 76.5 cm³/mol. The Labute approximate surface area is 115 Å². The highest BCUT2D eigenvalue weighted by atomic mass is 32.2. The smallest absolute Gasteiger partial charge is 0.243 e. The Morgan fingerprint density at radius 1 is 1.32 bits per heavy atom. The van der Waals surface area contributed by atoms with Gasteiger partial charge >= 0.3 is 0 Å². The van der Waals surface area contributed by atoms with E-state index in [1.54, 1.807) is 10.4 Å². The third-order valence-corrected chi connectivity index (χ3v) is 5.95. The molecule has 1 aliphatic heterocycles. The lowest BCUT2D eigenvalue weighted by molar-refractivity contribution is 0.247. The minimum absolute atomic E-state index is 0.0329. The van der Waals surface area contributed by atoms with E-state index in [4.69, 9.17) is 5.73 Å². The normalized spacial score (nSPS) is 25.5. The van der Waals surface area contributed by atoms with E-state index in [1.165, 1.54) is 0 Å². The fourth-order valence-corrected chi connectivity index (χ4v) is 4.62. The van der Waals surface area contributed by atoms with Crippen molar-refractivity contribution in [2.24, 2.45) is 5.73 Å². The average Bonchev–Trinajstić information content (AvgIpc) is 2.27. The molecule has 5 heteroatoms. The van der Waals surface area contributed by atoms with E-state index in [-0.39, 0.29) is 12.1 Å². The zero-order valence-corrected chi connectivity index (χ0v) is 12.6. The van der Waals surface area contributed by atoms with Gasteiger partial charge in [0.05, 0.1) is 4.90 Å². The highest BCUT2D eigenvalue weighted by Gasteiger charge is 2.34. The Balaban J connectivity index is 2.37. The first-order valence-corrected chi connectivity index (χ1v) is 8.11. The molecule has 1 saturated heterocycles. The first-order valence-electron chi connectivity index (χ1n) is 6.67. The van der Waals surface area contributed by atoms with Crippen molar-refractivity contribution >= 4 is 10.0 Å². The lowest BCUT2D eigenvalue weighted by atomic mass is 10.0. The van der Waals surface area contributed by atoms with E-state index >= 15 is 0 Å². The summed E-state index contributed by atoms with van der Waals surface area (Å²) in [6.07, 6.45) is 1.46. The molecule has 2 atom stereocenters. The van der Waals surface area contributed by atoms with Gasteiger partial charge in [0.1, 0.15) is 0 Å². The van der Waals surface area contributed by atoms with Crippen LogP contribution in [0.5, 0.6) is 0 Å². The number of hydrogen-bond acceptors (Lipinski definition) is 3. The summed E-state index contributed by atoms with van der Waals surface area (Å²) in [5.74, 6) is 0. The maximum absolute atomic E-state index is 12.7. The number of nitrogens with zero attached hydrogens (tertiary/aromatic N) is 1. The molecule has 1 aromatic carbocycles. The standard InChI is InChI=1S/C14H22N2O2S/c1-10-4-5-14(11(2)8-10)19(17,18)16-7-6-13(15)9-12(16)3/h4-5,8,12-13H,6-7,9,15H2,1-3H3. The average molecular weight is 282 g/mol. The summed E-state index contributed by atoms with van der Waals surface area (Å²) in [7, 11) is -3.40. The zero-order chi connectivity index (χ0) is 14.2. The van der Waals surface area contributed by atoms with E-state index in [1.807, 2.05) is 32.9 Å². The lowest BCUT2D eigenvalue weighted by Gasteiger charge is -2.35. The molecule has 1 fully saturated rings. The van der Waals surface area contributed by atoms with Crippen molar-refractivity contribution in [1.29, 1.82) is 0 Å². The number of benzene rings is 1. The summed E-state index contributed by atoms with van der Waals surface area (Å²) in [4.78, 5) is 0.417. The number of nitrogens with two attached hydrogens (primary N) is 1. The molecule has 0 amide bonds. The molecule has 1 aliphatic rings. The van der Waals surface area contributed by atoms with Crippen molar-refractivity contribution in [3.05, 3.63) is 29.3 Å². The first kappa shape index (κ1) is 14.5. The number of piperidine rings is 1. The Hall–Kier alpha value is -0.910. The van der Waals surface area contributed by atoms with Gasteiger partial charge in [-0.1, -0.05) is 17.7 Å². The van der Waals surface area contributed by atoms with Gasteiger partial charge in [0.15, 0.2) is 0 Å². The molecule has 0 aromatic heterocycles. The van der Waals surface area contributed by atoms with Gasteiger partial charge in [-0.25, -0.2) is 8.42 Å². The minimum atomic E-state index is -3.40. The molecule has 1 heterocycles. The van der Waals surface area contributed by atoms with Gasteiger partial charge in [0, 0.05) is 18.6 Å². The summed E-state index contributed by atoms with van der Waals surface area (Å²) in [5.41, 5.74) is 7.78. The van der Waals surface area contributed by atoms with Crippen LogP contribution in [0.4, 0.5) is 0 Å². The van der Waals surface area contributed by atoms with Crippen LogP contribution in [-0.2, 0) is 10.0 Å². The van der Waals surface area contributed by atoms with E-state index in [0.717, 1.165) is 24.0 Å². The third kappa shape index (κ3) is 2.83. The predicted octanol–water partition coefficient (Wildman–Crippen LogP) is 1.80. The second-order valence-electron chi connectivity index (χ2n) is 5.52. The Morgan fingerprint density at radius 2 is 2.00 bits per heavy atom. The molecule has 2 unspecified atom stereocenters. The van der Waals surface area contributed by atoms with Crippen molar-refractivity contribution in [3.63, 3.8) is 0 Å². The van der Waals surface area contributed by atoms with E-state index in [9.17, 15) is 8.42 Å². The number of sulfonamides is 1. The van der Waals surface area contributed by atoms with Crippen LogP contribution in [-0.4, -0.2) is 31.4 Å². The zero-order valence-electron chi connectivity index (χ0n) is 11.8. The van der Waals surface area contributed by atoms with E-state index < -0.39 is 10.0 Å². The van der Waals surface area contributed by atoms with Gasteiger partial charge in [-0.2, -0.15) is 4.31 Å². The summed E-state index contributed by atoms with van der Waals surface area (Å²) in [6.45, 7) is 6.25. The second-order valence-corrected chi connectivity index (χ2v) is 7.38. The van der Waals surface area contributed by atoms with Gasteiger partial charge in [-0.3, -0.25) is 0 Å².